The zero-order valence-corrected chi connectivity index (χ0v) is 19.5. The summed E-state index contributed by atoms with van der Waals surface area (Å²) in [5.41, 5.74) is 1.82. The lowest BCUT2D eigenvalue weighted by Gasteiger charge is -2.24. The first-order valence-electron chi connectivity index (χ1n) is 11.8. The highest BCUT2D eigenvalue weighted by Crippen LogP contribution is 2.29. The van der Waals surface area contributed by atoms with Crippen molar-refractivity contribution in [3.05, 3.63) is 35.7 Å². The van der Waals surface area contributed by atoms with E-state index in [0.717, 1.165) is 18.4 Å². The lowest BCUT2D eigenvalue weighted by atomic mass is 10.0. The summed E-state index contributed by atoms with van der Waals surface area (Å²) in [6.07, 6.45) is 9.52. The average Bonchev–Trinajstić information content (AvgIpc) is 3.39. The fraction of sp³-hybridized carbons (Fsp3) is 0.640. The Kier molecular flexibility index (Phi) is 8.10. The number of rotatable bonds is 9. The molecule has 0 aliphatic carbocycles. The lowest BCUT2D eigenvalue weighted by Crippen LogP contribution is -2.35. The minimum absolute atomic E-state index is 0.0562. The molecule has 0 spiro atoms. The van der Waals surface area contributed by atoms with Gasteiger partial charge in [0.05, 0.1) is 5.92 Å². The maximum Gasteiger partial charge on any atom is 0.410 e. The first-order valence-corrected chi connectivity index (χ1v) is 11.8. The third-order valence-corrected chi connectivity index (χ3v) is 5.66. The van der Waals surface area contributed by atoms with Gasteiger partial charge in [0.15, 0.2) is 0 Å². The van der Waals surface area contributed by atoms with E-state index in [4.69, 9.17) is 9.26 Å². The molecule has 1 saturated heterocycles. The summed E-state index contributed by atoms with van der Waals surface area (Å²) < 4.78 is 11.0. The van der Waals surface area contributed by atoms with Crippen molar-refractivity contribution >= 4 is 6.09 Å². The van der Waals surface area contributed by atoms with Gasteiger partial charge in [0.2, 0.25) is 11.7 Å². The van der Waals surface area contributed by atoms with E-state index in [1.807, 2.05) is 20.8 Å². The van der Waals surface area contributed by atoms with Gasteiger partial charge in [-0.05, 0) is 45.6 Å². The Morgan fingerprint density at radius 2 is 1.84 bits per heavy atom. The maximum atomic E-state index is 12.3. The maximum absolute atomic E-state index is 12.3. The number of aryl methyl sites for hydroxylation is 1. The van der Waals surface area contributed by atoms with Crippen LogP contribution in [0, 0.1) is 0 Å². The van der Waals surface area contributed by atoms with Crippen molar-refractivity contribution in [3.8, 4) is 11.4 Å². The van der Waals surface area contributed by atoms with Gasteiger partial charge in [-0.15, -0.1) is 0 Å². The third-order valence-electron chi connectivity index (χ3n) is 5.66. The fourth-order valence-electron chi connectivity index (χ4n) is 3.90. The molecule has 0 saturated carbocycles. The topological polar surface area (TPSA) is 68.5 Å². The van der Waals surface area contributed by atoms with E-state index in [-0.39, 0.29) is 12.0 Å². The molecule has 3 rings (SSSR count). The van der Waals surface area contributed by atoms with Crippen molar-refractivity contribution in [2.75, 3.05) is 13.1 Å². The normalized spacial score (nSPS) is 16.6. The van der Waals surface area contributed by atoms with Gasteiger partial charge in [-0.25, -0.2) is 4.79 Å². The van der Waals surface area contributed by atoms with Crippen molar-refractivity contribution in [3.63, 3.8) is 0 Å². The molecular formula is C25H37N3O3. The molecule has 0 unspecified atom stereocenters. The lowest BCUT2D eigenvalue weighted by molar-refractivity contribution is 0.0291. The summed E-state index contributed by atoms with van der Waals surface area (Å²) in [5, 5.41) is 4.17. The Morgan fingerprint density at radius 3 is 2.55 bits per heavy atom. The second kappa shape index (κ2) is 10.8. The van der Waals surface area contributed by atoms with Crippen LogP contribution in [0.1, 0.15) is 90.0 Å². The quantitative estimate of drug-likeness (QED) is 0.435. The van der Waals surface area contributed by atoms with E-state index in [0.29, 0.717) is 24.8 Å². The molecule has 1 aromatic carbocycles. The molecule has 2 aromatic rings. The number of carbonyl (C=O) groups excluding carboxylic acids is 1. The average molecular weight is 428 g/mol. The van der Waals surface area contributed by atoms with E-state index in [1.165, 1.54) is 44.1 Å². The number of hydrogen-bond acceptors (Lipinski definition) is 5. The molecule has 31 heavy (non-hydrogen) atoms. The monoisotopic (exact) mass is 427 g/mol. The summed E-state index contributed by atoms with van der Waals surface area (Å²) in [4.78, 5) is 18.6. The smallest absolute Gasteiger partial charge is 0.410 e. The van der Waals surface area contributed by atoms with Crippen LogP contribution in [0.4, 0.5) is 4.79 Å². The molecule has 6 nitrogen and oxygen atoms in total. The van der Waals surface area contributed by atoms with Crippen LogP contribution in [0.5, 0.6) is 0 Å². The Balaban J connectivity index is 1.50. The number of aromatic nitrogens is 2. The van der Waals surface area contributed by atoms with Crippen molar-refractivity contribution in [2.24, 2.45) is 0 Å². The van der Waals surface area contributed by atoms with Gasteiger partial charge in [-0.1, -0.05) is 68.4 Å². The van der Waals surface area contributed by atoms with Crippen LogP contribution in [-0.2, 0) is 11.2 Å². The molecule has 1 aromatic heterocycles. The van der Waals surface area contributed by atoms with Gasteiger partial charge in [0.1, 0.15) is 5.60 Å². The van der Waals surface area contributed by atoms with Gasteiger partial charge in [0, 0.05) is 18.7 Å². The number of unbranched alkanes of at least 4 members (excludes halogenated alkanes) is 5. The number of likely N-dealkylation sites (tertiary alicyclic amines) is 1. The van der Waals surface area contributed by atoms with Crippen molar-refractivity contribution in [1.82, 2.24) is 15.0 Å². The van der Waals surface area contributed by atoms with Crippen molar-refractivity contribution in [2.45, 2.75) is 90.6 Å². The zero-order chi connectivity index (χ0) is 22.3. The first kappa shape index (κ1) is 23.3. The van der Waals surface area contributed by atoms with Crippen LogP contribution in [-0.4, -0.2) is 39.8 Å². The number of ether oxygens (including phenoxy) is 1. The minimum atomic E-state index is -0.492. The highest BCUT2D eigenvalue weighted by atomic mass is 16.6. The van der Waals surface area contributed by atoms with E-state index in [9.17, 15) is 4.79 Å². The second-order valence-corrected chi connectivity index (χ2v) is 9.58. The molecule has 170 valence electrons. The Labute approximate surface area is 186 Å². The van der Waals surface area contributed by atoms with E-state index in [1.54, 1.807) is 4.90 Å². The second-order valence-electron chi connectivity index (χ2n) is 9.58. The number of amides is 1. The Hall–Kier alpha value is -2.37. The molecule has 0 bridgehead atoms. The van der Waals surface area contributed by atoms with Crippen LogP contribution < -0.4 is 0 Å². The summed E-state index contributed by atoms with van der Waals surface area (Å²) >= 11 is 0. The number of hydrogen-bond donors (Lipinski definition) is 0. The molecular weight excluding hydrogens is 390 g/mol. The predicted molar refractivity (Wildman–Crippen MR) is 122 cm³/mol. The van der Waals surface area contributed by atoms with E-state index in [2.05, 4.69) is 41.3 Å². The van der Waals surface area contributed by atoms with Gasteiger partial charge < -0.3 is 14.2 Å². The Bertz CT molecular complexity index is 823. The number of benzene rings is 1. The summed E-state index contributed by atoms with van der Waals surface area (Å²) in [6.45, 7) is 9.07. The van der Waals surface area contributed by atoms with E-state index < -0.39 is 5.60 Å². The van der Waals surface area contributed by atoms with Gasteiger partial charge in [-0.2, -0.15) is 4.98 Å². The zero-order valence-electron chi connectivity index (χ0n) is 19.5. The molecule has 1 atom stereocenters. The summed E-state index contributed by atoms with van der Waals surface area (Å²) in [6, 6.07) is 8.47. The molecule has 0 N–H and O–H groups in total. The van der Waals surface area contributed by atoms with Crippen LogP contribution in [0.2, 0.25) is 0 Å². The minimum Gasteiger partial charge on any atom is -0.444 e. The summed E-state index contributed by atoms with van der Waals surface area (Å²) in [5.74, 6) is 1.26. The van der Waals surface area contributed by atoms with Crippen LogP contribution >= 0.6 is 0 Å². The molecule has 1 aliphatic rings. The van der Waals surface area contributed by atoms with E-state index >= 15 is 0 Å². The number of nitrogens with zero attached hydrogens (tertiary/aromatic N) is 3. The van der Waals surface area contributed by atoms with Crippen LogP contribution in [0.15, 0.2) is 28.8 Å². The standard InChI is InChI=1S/C25H37N3O3/c1-5-6-7-8-9-10-11-19-12-14-20(15-13-19)22-26-23(31-27-22)21-16-17-28(18-21)24(29)30-25(2,3)4/h12-15,21H,5-11,16-18H2,1-4H3/t21-/m1/s1. The Morgan fingerprint density at radius 1 is 1.13 bits per heavy atom. The third kappa shape index (κ3) is 7.08. The molecule has 1 aliphatic heterocycles. The van der Waals surface area contributed by atoms with Gasteiger partial charge in [0.25, 0.3) is 0 Å². The van der Waals surface area contributed by atoms with Gasteiger partial charge in [-0.3, -0.25) is 0 Å². The highest BCUT2D eigenvalue weighted by molar-refractivity contribution is 5.68. The van der Waals surface area contributed by atoms with Crippen molar-refractivity contribution in [1.29, 1.82) is 0 Å². The molecule has 1 amide bonds. The largest absolute Gasteiger partial charge is 0.444 e. The molecule has 6 heteroatoms. The summed E-state index contributed by atoms with van der Waals surface area (Å²) in [7, 11) is 0. The molecule has 1 fully saturated rings. The van der Waals surface area contributed by atoms with Gasteiger partial charge >= 0.3 is 6.09 Å². The van der Waals surface area contributed by atoms with Crippen molar-refractivity contribution < 1.29 is 14.1 Å². The molecule has 0 radical (unpaired) electrons. The molecule has 2 heterocycles. The number of carbonyl (C=O) groups is 1. The predicted octanol–water partition coefficient (Wildman–Crippen LogP) is 6.36. The first-order chi connectivity index (χ1) is 14.9. The SMILES string of the molecule is CCCCCCCCc1ccc(-c2noc([C@@H]3CCN(C(=O)OC(C)(C)C)C3)n2)cc1. The highest BCUT2D eigenvalue weighted by Gasteiger charge is 2.33. The fourth-order valence-corrected chi connectivity index (χ4v) is 3.90. The van der Waals surface area contributed by atoms with Crippen LogP contribution in [0.3, 0.4) is 0 Å². The van der Waals surface area contributed by atoms with Crippen LogP contribution in [0.25, 0.3) is 11.4 Å².